The third-order valence-corrected chi connectivity index (χ3v) is 7.84. The smallest absolute Gasteiger partial charge is 0.406 e. The summed E-state index contributed by atoms with van der Waals surface area (Å²) in [5, 5.41) is 7.60. The number of thiazole rings is 1. The van der Waals surface area contributed by atoms with Gasteiger partial charge in [0.25, 0.3) is 5.91 Å². The van der Waals surface area contributed by atoms with Crippen LogP contribution < -0.4 is 25.6 Å². The number of nitrogens with zero attached hydrogens (tertiary/aromatic N) is 4. The lowest BCUT2D eigenvalue weighted by atomic mass is 10.1. The molecule has 47 heavy (non-hydrogen) atoms. The van der Waals surface area contributed by atoms with Crippen LogP contribution in [-0.2, 0) is 12.4 Å². The highest BCUT2D eigenvalue weighted by Crippen LogP contribution is 2.40. The minimum Gasteiger partial charge on any atom is -0.406 e. The number of aryl methyl sites for hydroxylation is 1. The molecule has 2 aromatic carbocycles. The zero-order valence-corrected chi connectivity index (χ0v) is 24.7. The van der Waals surface area contributed by atoms with E-state index in [1.54, 1.807) is 4.90 Å². The summed E-state index contributed by atoms with van der Waals surface area (Å²) in [6, 6.07) is 7.44. The molecule has 4 aromatic rings. The summed E-state index contributed by atoms with van der Waals surface area (Å²) in [6.45, 7) is 3.06. The summed E-state index contributed by atoms with van der Waals surface area (Å²) in [4.78, 5) is 26.0. The Labute approximate surface area is 263 Å². The molecule has 1 saturated heterocycles. The highest BCUT2D eigenvalue weighted by atomic mass is 32.1. The van der Waals surface area contributed by atoms with Crippen molar-refractivity contribution < 1.29 is 49.0 Å². The molecular formula is C28H22F9N7O2S. The molecule has 1 aliphatic heterocycles. The fraction of sp³-hybridized carbons (Fsp3) is 0.286. The van der Waals surface area contributed by atoms with Gasteiger partial charge in [-0.25, -0.2) is 15.0 Å². The number of nitrogens with one attached hydrogen (secondary N) is 3. The van der Waals surface area contributed by atoms with Crippen molar-refractivity contribution in [2.24, 2.45) is 0 Å². The molecule has 0 unspecified atom stereocenters. The predicted molar refractivity (Wildman–Crippen MR) is 154 cm³/mol. The zero-order valence-electron chi connectivity index (χ0n) is 23.9. The van der Waals surface area contributed by atoms with Gasteiger partial charge in [-0.2, -0.15) is 26.3 Å². The maximum atomic E-state index is 14.1. The molecule has 0 saturated carbocycles. The summed E-state index contributed by atoms with van der Waals surface area (Å²) >= 11 is 0.555. The van der Waals surface area contributed by atoms with Crippen LogP contribution in [0.15, 0.2) is 48.7 Å². The molecule has 0 aliphatic carbocycles. The average Bonchev–Trinajstić information content (AvgIpc) is 3.38. The minimum atomic E-state index is -5.03. The SMILES string of the molecule is Cc1nc(-c2cnc(Nc3ccc(OC(F)(F)F)cc3)nc2C(F)(F)F)sc1C(=O)Nc1ccc(N2CCNCC2)c(C(F)(F)F)c1. The van der Waals surface area contributed by atoms with E-state index < -0.39 is 53.1 Å². The van der Waals surface area contributed by atoms with Gasteiger partial charge >= 0.3 is 18.7 Å². The van der Waals surface area contributed by atoms with Crippen molar-refractivity contribution >= 4 is 40.3 Å². The first-order chi connectivity index (χ1) is 22.0. The first kappa shape index (κ1) is 33.7. The molecule has 1 aliphatic rings. The molecular weight excluding hydrogens is 669 g/mol. The van der Waals surface area contributed by atoms with Crippen LogP contribution in [0.4, 0.5) is 62.5 Å². The Kier molecular flexibility index (Phi) is 9.22. The van der Waals surface area contributed by atoms with E-state index in [1.807, 2.05) is 0 Å². The Morgan fingerprint density at radius 1 is 0.915 bits per heavy atom. The largest absolute Gasteiger partial charge is 0.573 e. The summed E-state index contributed by atoms with van der Waals surface area (Å²) in [5.74, 6) is -1.98. The molecule has 0 atom stereocenters. The van der Waals surface area contributed by atoms with Crippen LogP contribution in [-0.4, -0.2) is 53.4 Å². The number of ether oxygens (including phenoxy) is 1. The lowest BCUT2D eigenvalue weighted by Crippen LogP contribution is -2.44. The number of anilines is 4. The normalized spacial score (nSPS) is 14.2. The van der Waals surface area contributed by atoms with E-state index in [4.69, 9.17) is 0 Å². The van der Waals surface area contributed by atoms with Crippen LogP contribution in [0.2, 0.25) is 0 Å². The second-order valence-electron chi connectivity index (χ2n) is 10.0. The van der Waals surface area contributed by atoms with Gasteiger partial charge in [0.2, 0.25) is 5.95 Å². The van der Waals surface area contributed by atoms with Crippen molar-refractivity contribution in [2.45, 2.75) is 25.6 Å². The van der Waals surface area contributed by atoms with Crippen molar-refractivity contribution in [2.75, 3.05) is 41.7 Å². The number of hydrogen-bond donors (Lipinski definition) is 3. The van der Waals surface area contributed by atoms with Crippen LogP contribution in [0.1, 0.15) is 26.6 Å². The quantitative estimate of drug-likeness (QED) is 0.174. The van der Waals surface area contributed by atoms with E-state index in [1.165, 1.54) is 19.1 Å². The van der Waals surface area contributed by atoms with Crippen LogP contribution in [0, 0.1) is 6.92 Å². The maximum absolute atomic E-state index is 14.1. The number of rotatable bonds is 7. The number of benzene rings is 2. The van der Waals surface area contributed by atoms with Crippen LogP contribution in [0.5, 0.6) is 5.75 Å². The number of aromatic nitrogens is 3. The van der Waals surface area contributed by atoms with Gasteiger partial charge < -0.3 is 25.6 Å². The molecule has 0 bridgehead atoms. The molecule has 5 rings (SSSR count). The van der Waals surface area contributed by atoms with E-state index in [9.17, 15) is 44.3 Å². The van der Waals surface area contributed by atoms with Crippen LogP contribution >= 0.6 is 11.3 Å². The molecule has 0 radical (unpaired) electrons. The van der Waals surface area contributed by atoms with Crippen molar-refractivity contribution in [3.05, 3.63) is 70.5 Å². The van der Waals surface area contributed by atoms with Crippen LogP contribution in [0.25, 0.3) is 10.6 Å². The Bertz CT molecular complexity index is 1750. The van der Waals surface area contributed by atoms with E-state index >= 15 is 0 Å². The fourth-order valence-electron chi connectivity index (χ4n) is 4.62. The predicted octanol–water partition coefficient (Wildman–Crippen LogP) is 7.25. The lowest BCUT2D eigenvalue weighted by Gasteiger charge is -2.31. The van der Waals surface area contributed by atoms with Gasteiger partial charge in [-0.05, 0) is 49.4 Å². The lowest BCUT2D eigenvalue weighted by molar-refractivity contribution is -0.274. The minimum absolute atomic E-state index is 0.00692. The van der Waals surface area contributed by atoms with E-state index in [2.05, 4.69) is 35.6 Å². The van der Waals surface area contributed by atoms with Crippen molar-refractivity contribution in [3.8, 4) is 16.3 Å². The molecule has 19 heteroatoms. The average molecular weight is 692 g/mol. The summed E-state index contributed by atoms with van der Waals surface area (Å²) in [5.41, 5.74) is -3.12. The molecule has 1 amide bonds. The molecule has 3 N–H and O–H groups in total. The van der Waals surface area contributed by atoms with Crippen LogP contribution in [0.3, 0.4) is 0 Å². The number of amides is 1. The second-order valence-corrected chi connectivity index (χ2v) is 11.0. The number of carbonyl (C=O) groups is 1. The number of hydrogen-bond acceptors (Lipinski definition) is 9. The Balaban J connectivity index is 1.38. The van der Waals surface area contributed by atoms with Crippen molar-refractivity contribution in [1.29, 1.82) is 0 Å². The van der Waals surface area contributed by atoms with E-state index in [0.717, 1.165) is 36.5 Å². The Morgan fingerprint density at radius 2 is 1.57 bits per heavy atom. The monoisotopic (exact) mass is 691 g/mol. The standard InChI is InChI=1S/C28H22F9N7O2S/c1-14-21(23(45)41-16-4-7-20(19(12-16)26(29,30)31)44-10-8-38-9-11-44)47-24(40-14)18-13-39-25(43-22(18)27(32,33)34)42-15-2-5-17(6-3-15)46-28(35,36)37/h2-7,12-13,38H,8-11H2,1H3,(H,41,45)(H,39,42,43). The van der Waals surface area contributed by atoms with Gasteiger partial charge in [-0.1, -0.05) is 0 Å². The number of piperazine rings is 1. The molecule has 9 nitrogen and oxygen atoms in total. The van der Waals surface area contributed by atoms with E-state index in [0.29, 0.717) is 37.5 Å². The molecule has 3 heterocycles. The number of alkyl halides is 9. The summed E-state index contributed by atoms with van der Waals surface area (Å²) in [7, 11) is 0. The summed E-state index contributed by atoms with van der Waals surface area (Å²) in [6.07, 6.45) is -13.9. The van der Waals surface area contributed by atoms with Crippen molar-refractivity contribution in [3.63, 3.8) is 0 Å². The van der Waals surface area contributed by atoms with E-state index in [-0.39, 0.29) is 32.6 Å². The second kappa shape index (κ2) is 12.9. The Hall–Kier alpha value is -4.65. The van der Waals surface area contributed by atoms with Gasteiger partial charge in [0.05, 0.1) is 16.8 Å². The Morgan fingerprint density at radius 3 is 2.19 bits per heavy atom. The third kappa shape index (κ3) is 8.20. The first-order valence-electron chi connectivity index (χ1n) is 13.5. The highest BCUT2D eigenvalue weighted by Gasteiger charge is 2.38. The fourth-order valence-corrected chi connectivity index (χ4v) is 5.59. The van der Waals surface area contributed by atoms with Gasteiger partial charge in [0.1, 0.15) is 15.6 Å². The molecule has 250 valence electrons. The van der Waals surface area contributed by atoms with Crippen molar-refractivity contribution in [1.82, 2.24) is 20.3 Å². The number of carbonyl (C=O) groups excluding carboxylic acids is 1. The third-order valence-electron chi connectivity index (χ3n) is 6.65. The zero-order chi connectivity index (χ0) is 34.1. The van der Waals surface area contributed by atoms with Gasteiger partial charge in [0.15, 0.2) is 5.69 Å². The van der Waals surface area contributed by atoms with Gasteiger partial charge in [-0.15, -0.1) is 24.5 Å². The molecule has 2 aromatic heterocycles. The topological polar surface area (TPSA) is 104 Å². The molecule has 0 spiro atoms. The van der Waals surface area contributed by atoms with Gasteiger partial charge in [-0.3, -0.25) is 4.79 Å². The maximum Gasteiger partial charge on any atom is 0.573 e. The van der Waals surface area contributed by atoms with Gasteiger partial charge in [0, 0.05) is 49.4 Å². The molecule has 1 fully saturated rings. The number of halogens is 9. The highest BCUT2D eigenvalue weighted by molar-refractivity contribution is 7.17. The summed E-state index contributed by atoms with van der Waals surface area (Å²) < 4.78 is 125. The first-order valence-corrected chi connectivity index (χ1v) is 14.3.